The van der Waals surface area contributed by atoms with Crippen molar-refractivity contribution < 1.29 is 14.6 Å². The van der Waals surface area contributed by atoms with E-state index in [0.29, 0.717) is 44.3 Å². The fraction of sp³-hybridized carbons (Fsp3) is 0.611. The summed E-state index contributed by atoms with van der Waals surface area (Å²) in [5.41, 5.74) is 0.804. The van der Waals surface area contributed by atoms with E-state index in [4.69, 9.17) is 4.74 Å². The summed E-state index contributed by atoms with van der Waals surface area (Å²) in [5.74, 6) is 1.09. The molecule has 0 bridgehead atoms. The van der Waals surface area contributed by atoms with Crippen LogP contribution in [0.1, 0.15) is 25.0 Å². The first-order chi connectivity index (χ1) is 12.6. The van der Waals surface area contributed by atoms with Gasteiger partial charge in [-0.05, 0) is 31.9 Å². The SMILES string of the molecule is CN=C(NCCC(=O)Nc1cccc(C)n1)NCC1(CCO)CCOC1. The van der Waals surface area contributed by atoms with Crippen molar-refractivity contribution in [1.82, 2.24) is 15.6 Å². The van der Waals surface area contributed by atoms with Crippen molar-refractivity contribution in [2.75, 3.05) is 45.3 Å². The van der Waals surface area contributed by atoms with Gasteiger partial charge in [0, 0.05) is 50.9 Å². The minimum Gasteiger partial charge on any atom is -0.396 e. The summed E-state index contributed by atoms with van der Waals surface area (Å²) < 4.78 is 5.49. The Bertz CT molecular complexity index is 615. The highest BCUT2D eigenvalue weighted by atomic mass is 16.5. The Balaban J connectivity index is 1.72. The Morgan fingerprint density at radius 3 is 2.92 bits per heavy atom. The van der Waals surface area contributed by atoms with Crippen molar-refractivity contribution in [3.63, 3.8) is 0 Å². The number of ether oxygens (including phenoxy) is 1. The largest absolute Gasteiger partial charge is 0.396 e. The van der Waals surface area contributed by atoms with E-state index in [1.807, 2.05) is 19.1 Å². The summed E-state index contributed by atoms with van der Waals surface area (Å²) in [6.07, 6.45) is 1.92. The summed E-state index contributed by atoms with van der Waals surface area (Å²) in [7, 11) is 1.69. The van der Waals surface area contributed by atoms with Gasteiger partial charge in [-0.15, -0.1) is 0 Å². The number of aromatic nitrogens is 1. The molecule has 1 unspecified atom stereocenters. The number of aliphatic hydroxyl groups excluding tert-OH is 1. The third-order valence-electron chi connectivity index (χ3n) is 4.48. The van der Waals surface area contributed by atoms with E-state index < -0.39 is 0 Å². The second-order valence-electron chi connectivity index (χ2n) is 6.59. The van der Waals surface area contributed by atoms with E-state index >= 15 is 0 Å². The quantitative estimate of drug-likeness (QED) is 0.399. The molecule has 1 saturated heterocycles. The molecule has 1 atom stereocenters. The minimum absolute atomic E-state index is 0.0550. The molecule has 26 heavy (non-hydrogen) atoms. The maximum atomic E-state index is 12.0. The molecule has 0 aliphatic carbocycles. The molecular weight excluding hydrogens is 334 g/mol. The van der Waals surface area contributed by atoms with Crippen LogP contribution in [0.5, 0.6) is 0 Å². The zero-order valence-corrected chi connectivity index (χ0v) is 15.5. The molecule has 8 nitrogen and oxygen atoms in total. The topological polar surface area (TPSA) is 108 Å². The van der Waals surface area contributed by atoms with Crippen molar-refractivity contribution >= 4 is 17.7 Å². The number of rotatable bonds is 8. The molecule has 2 heterocycles. The van der Waals surface area contributed by atoms with Crippen molar-refractivity contribution in [2.45, 2.75) is 26.2 Å². The van der Waals surface area contributed by atoms with Gasteiger partial charge < -0.3 is 25.8 Å². The summed E-state index contributed by atoms with van der Waals surface area (Å²) >= 11 is 0. The van der Waals surface area contributed by atoms with E-state index in [2.05, 4.69) is 25.9 Å². The number of anilines is 1. The predicted molar refractivity (Wildman–Crippen MR) is 101 cm³/mol. The first-order valence-corrected chi connectivity index (χ1v) is 8.93. The van der Waals surface area contributed by atoms with Gasteiger partial charge in [-0.3, -0.25) is 9.79 Å². The zero-order valence-electron chi connectivity index (χ0n) is 15.5. The third-order valence-corrected chi connectivity index (χ3v) is 4.48. The second-order valence-corrected chi connectivity index (χ2v) is 6.59. The van der Waals surface area contributed by atoms with E-state index in [1.165, 1.54) is 0 Å². The average molecular weight is 363 g/mol. The molecule has 0 radical (unpaired) electrons. The van der Waals surface area contributed by atoms with Crippen LogP contribution in [0.15, 0.2) is 23.2 Å². The first kappa shape index (κ1) is 20.1. The number of hydrogen-bond acceptors (Lipinski definition) is 5. The van der Waals surface area contributed by atoms with Gasteiger partial charge in [0.05, 0.1) is 6.61 Å². The smallest absolute Gasteiger partial charge is 0.227 e. The van der Waals surface area contributed by atoms with Crippen LogP contribution < -0.4 is 16.0 Å². The summed E-state index contributed by atoms with van der Waals surface area (Å²) in [6.45, 7) is 4.52. The van der Waals surface area contributed by atoms with Crippen LogP contribution in [-0.4, -0.2) is 61.9 Å². The Hall–Kier alpha value is -2.19. The van der Waals surface area contributed by atoms with Gasteiger partial charge in [0.2, 0.25) is 5.91 Å². The Kier molecular flexibility index (Phi) is 7.80. The fourth-order valence-electron chi connectivity index (χ4n) is 2.92. The van der Waals surface area contributed by atoms with Crippen LogP contribution >= 0.6 is 0 Å². The molecule has 1 fully saturated rings. The van der Waals surface area contributed by atoms with Gasteiger partial charge in [0.15, 0.2) is 5.96 Å². The number of aryl methyl sites for hydroxylation is 1. The number of aliphatic imine (C=N–C) groups is 1. The number of aliphatic hydroxyl groups is 1. The van der Waals surface area contributed by atoms with E-state index in [9.17, 15) is 9.90 Å². The van der Waals surface area contributed by atoms with Gasteiger partial charge in [0.25, 0.3) is 0 Å². The zero-order chi connectivity index (χ0) is 18.8. The summed E-state index contributed by atoms with van der Waals surface area (Å²) in [4.78, 5) is 20.4. The molecule has 4 N–H and O–H groups in total. The molecular formula is C18H29N5O3. The maximum Gasteiger partial charge on any atom is 0.227 e. The molecule has 0 saturated carbocycles. The molecule has 1 aromatic heterocycles. The lowest BCUT2D eigenvalue weighted by atomic mass is 9.84. The van der Waals surface area contributed by atoms with Crippen molar-refractivity contribution in [1.29, 1.82) is 0 Å². The fourth-order valence-corrected chi connectivity index (χ4v) is 2.92. The summed E-state index contributed by atoms with van der Waals surface area (Å²) in [6, 6.07) is 5.51. The van der Waals surface area contributed by atoms with Gasteiger partial charge in [-0.1, -0.05) is 6.07 Å². The minimum atomic E-state index is -0.105. The van der Waals surface area contributed by atoms with Crippen molar-refractivity contribution in [2.24, 2.45) is 10.4 Å². The highest BCUT2D eigenvalue weighted by Gasteiger charge is 2.34. The van der Waals surface area contributed by atoms with Crippen LogP contribution in [0.2, 0.25) is 0 Å². The molecule has 1 aliphatic heterocycles. The molecule has 0 aromatic carbocycles. The molecule has 144 valence electrons. The van der Waals surface area contributed by atoms with Gasteiger partial charge in [-0.2, -0.15) is 0 Å². The highest BCUT2D eigenvalue weighted by Crippen LogP contribution is 2.31. The number of carbonyl (C=O) groups is 1. The van der Waals surface area contributed by atoms with E-state index in [0.717, 1.165) is 18.7 Å². The third kappa shape index (κ3) is 6.27. The Labute approximate surface area is 154 Å². The van der Waals surface area contributed by atoms with Gasteiger partial charge in [-0.25, -0.2) is 4.98 Å². The molecule has 1 aromatic rings. The predicted octanol–water partition coefficient (Wildman–Crippen LogP) is 0.673. The number of guanidine groups is 1. The van der Waals surface area contributed by atoms with Crippen LogP contribution in [0.25, 0.3) is 0 Å². The number of pyridine rings is 1. The monoisotopic (exact) mass is 363 g/mol. The normalized spacial score (nSPS) is 20.0. The molecule has 0 spiro atoms. The number of nitrogens with zero attached hydrogens (tertiary/aromatic N) is 2. The Morgan fingerprint density at radius 1 is 1.42 bits per heavy atom. The molecule has 8 heteroatoms. The Morgan fingerprint density at radius 2 is 2.27 bits per heavy atom. The lowest BCUT2D eigenvalue weighted by Gasteiger charge is -2.27. The second kappa shape index (κ2) is 10.1. The van der Waals surface area contributed by atoms with E-state index in [-0.39, 0.29) is 17.9 Å². The van der Waals surface area contributed by atoms with Crippen LogP contribution in [0.4, 0.5) is 5.82 Å². The molecule has 2 rings (SSSR count). The lowest BCUT2D eigenvalue weighted by Crippen LogP contribution is -2.45. The number of carbonyl (C=O) groups excluding carboxylic acids is 1. The van der Waals surface area contributed by atoms with Crippen LogP contribution in [0.3, 0.4) is 0 Å². The molecule has 1 aliphatic rings. The maximum absolute atomic E-state index is 12.0. The van der Waals surface area contributed by atoms with Crippen LogP contribution in [-0.2, 0) is 9.53 Å². The highest BCUT2D eigenvalue weighted by molar-refractivity contribution is 5.90. The summed E-state index contributed by atoms with van der Waals surface area (Å²) in [5, 5.41) is 18.5. The number of nitrogens with one attached hydrogen (secondary N) is 3. The van der Waals surface area contributed by atoms with Gasteiger partial charge >= 0.3 is 0 Å². The van der Waals surface area contributed by atoms with Gasteiger partial charge in [0.1, 0.15) is 5.82 Å². The first-order valence-electron chi connectivity index (χ1n) is 8.93. The van der Waals surface area contributed by atoms with Crippen LogP contribution in [0, 0.1) is 12.3 Å². The standard InChI is InChI=1S/C18H29N5O3/c1-14-4-3-5-15(22-14)23-16(25)6-9-20-17(19-2)21-12-18(7-10-24)8-11-26-13-18/h3-5,24H,6-13H2,1-2H3,(H2,19,20,21)(H,22,23,25). The van der Waals surface area contributed by atoms with Crippen molar-refractivity contribution in [3.05, 3.63) is 23.9 Å². The number of hydrogen-bond donors (Lipinski definition) is 4. The lowest BCUT2D eigenvalue weighted by molar-refractivity contribution is -0.116. The van der Waals surface area contributed by atoms with E-state index in [1.54, 1.807) is 13.1 Å². The average Bonchev–Trinajstić information content (AvgIpc) is 3.07. The molecule has 1 amide bonds. The van der Waals surface area contributed by atoms with Crippen molar-refractivity contribution in [3.8, 4) is 0 Å². The number of amides is 1.